The van der Waals surface area contributed by atoms with E-state index in [2.05, 4.69) is 24.7 Å². The Kier molecular flexibility index (Phi) is 9.91. The maximum atomic E-state index is 15.9. The molecule has 1 aromatic rings. The molecule has 3 N–H and O–H groups in total. The zero-order chi connectivity index (χ0) is 35.8. The number of aliphatic hydroxyl groups is 1. The summed E-state index contributed by atoms with van der Waals surface area (Å²) in [6.45, 7) is 6.84. The number of rotatable bonds is 10. The van der Waals surface area contributed by atoms with Gasteiger partial charge in [-0.2, -0.15) is 0 Å². The van der Waals surface area contributed by atoms with Crippen LogP contribution in [0.25, 0.3) is 5.57 Å². The van der Waals surface area contributed by atoms with Crippen molar-refractivity contribution in [2.75, 3.05) is 31.2 Å². The highest BCUT2D eigenvalue weighted by molar-refractivity contribution is 6.07. The third kappa shape index (κ3) is 6.10. The SMILES string of the molecule is CC[C@@]1(O)C(=C=O)OCC2=C1C=C1C3=C(CN1C2=C=O)N(C1CCC(C)(C)CC1)c1cc(CCOC(=O)CCCCCN)c(F)cc1C3=C=O. The second kappa shape index (κ2) is 14.0. The van der Waals surface area contributed by atoms with Gasteiger partial charge in [0.1, 0.15) is 24.1 Å². The molecule has 0 bridgehead atoms. The molecule has 0 aromatic heterocycles. The molecule has 0 unspecified atom stereocenters. The van der Waals surface area contributed by atoms with Crippen molar-refractivity contribution in [3.05, 3.63) is 74.7 Å². The lowest BCUT2D eigenvalue weighted by Crippen LogP contribution is -2.43. The van der Waals surface area contributed by atoms with Gasteiger partial charge in [-0.05, 0) is 80.7 Å². The molecule has 1 aliphatic carbocycles. The molecule has 5 aliphatic rings. The first-order valence-electron chi connectivity index (χ1n) is 17.6. The third-order valence-electron chi connectivity index (χ3n) is 10.9. The number of benzene rings is 1. The fourth-order valence-corrected chi connectivity index (χ4v) is 7.99. The molecule has 50 heavy (non-hydrogen) atoms. The highest BCUT2D eigenvalue weighted by Gasteiger charge is 2.50. The number of hydrogen-bond acceptors (Lipinski definition) is 10. The number of hydrogen-bond donors (Lipinski definition) is 2. The van der Waals surface area contributed by atoms with Crippen LogP contribution < -0.4 is 10.6 Å². The molecule has 0 saturated heterocycles. The number of fused-ring (bicyclic) bond motifs is 3. The number of esters is 1. The summed E-state index contributed by atoms with van der Waals surface area (Å²) >= 11 is 0. The van der Waals surface area contributed by atoms with E-state index in [4.69, 9.17) is 15.2 Å². The number of carbonyl (C=O) groups excluding carboxylic acids is 4. The van der Waals surface area contributed by atoms with Crippen molar-refractivity contribution >= 4 is 35.1 Å². The number of nitrogens with zero attached hydrogens (tertiary/aromatic N) is 2. The molecule has 10 nitrogen and oxygen atoms in total. The molecule has 4 aliphatic heterocycles. The van der Waals surface area contributed by atoms with E-state index in [9.17, 15) is 24.3 Å². The summed E-state index contributed by atoms with van der Waals surface area (Å²) in [6.07, 6.45) is 8.16. The average molecular weight is 686 g/mol. The van der Waals surface area contributed by atoms with E-state index >= 15 is 4.39 Å². The highest BCUT2D eigenvalue weighted by atomic mass is 19.1. The van der Waals surface area contributed by atoms with Crippen LogP contribution in [0.2, 0.25) is 0 Å². The van der Waals surface area contributed by atoms with Gasteiger partial charge in [0.05, 0.1) is 30.1 Å². The molecular formula is C39H44FN3O7. The van der Waals surface area contributed by atoms with Crippen molar-refractivity contribution in [2.45, 2.75) is 96.6 Å². The maximum Gasteiger partial charge on any atom is 0.305 e. The van der Waals surface area contributed by atoms with E-state index in [1.165, 1.54) is 6.07 Å². The van der Waals surface area contributed by atoms with Crippen LogP contribution in [0, 0.1) is 11.2 Å². The summed E-state index contributed by atoms with van der Waals surface area (Å²) in [4.78, 5) is 53.6. The molecule has 1 saturated carbocycles. The van der Waals surface area contributed by atoms with Gasteiger partial charge in [-0.3, -0.25) is 4.79 Å². The first-order chi connectivity index (χ1) is 24.0. The summed E-state index contributed by atoms with van der Waals surface area (Å²) in [5.74, 6) is 4.68. The van der Waals surface area contributed by atoms with Crippen molar-refractivity contribution in [1.29, 1.82) is 0 Å². The lowest BCUT2D eigenvalue weighted by molar-refractivity contribution is -0.143. The Balaban J connectivity index is 1.42. The van der Waals surface area contributed by atoms with Crippen LogP contribution in [0.15, 0.2) is 57.8 Å². The fraction of sp³-hybridized carbons (Fsp3) is 0.513. The summed E-state index contributed by atoms with van der Waals surface area (Å²) < 4.78 is 26.9. The molecule has 0 amide bonds. The van der Waals surface area contributed by atoms with Gasteiger partial charge in [-0.15, -0.1) is 0 Å². The van der Waals surface area contributed by atoms with Crippen LogP contribution in [-0.2, 0) is 35.1 Å². The minimum Gasteiger partial charge on any atom is -0.479 e. The highest BCUT2D eigenvalue weighted by Crippen LogP contribution is 2.54. The molecule has 11 heteroatoms. The van der Waals surface area contributed by atoms with Gasteiger partial charge in [0.25, 0.3) is 0 Å². The smallest absolute Gasteiger partial charge is 0.305 e. The summed E-state index contributed by atoms with van der Waals surface area (Å²) in [7, 11) is 0. The van der Waals surface area contributed by atoms with Gasteiger partial charge in [-0.25, -0.2) is 18.8 Å². The van der Waals surface area contributed by atoms with Crippen LogP contribution >= 0.6 is 0 Å². The number of halogens is 1. The van der Waals surface area contributed by atoms with Crippen LogP contribution in [-0.4, -0.2) is 71.7 Å². The second-order valence-corrected chi connectivity index (χ2v) is 14.5. The Morgan fingerprint density at radius 2 is 1.88 bits per heavy atom. The van der Waals surface area contributed by atoms with E-state index in [0.29, 0.717) is 52.2 Å². The van der Waals surface area contributed by atoms with E-state index in [0.717, 1.165) is 44.2 Å². The predicted molar refractivity (Wildman–Crippen MR) is 185 cm³/mol. The first-order valence-corrected chi connectivity index (χ1v) is 17.6. The van der Waals surface area contributed by atoms with E-state index in [1.54, 1.807) is 29.9 Å². The maximum absolute atomic E-state index is 15.9. The van der Waals surface area contributed by atoms with Crippen LogP contribution in [0.5, 0.6) is 0 Å². The number of carbonyl (C=O) groups is 1. The summed E-state index contributed by atoms with van der Waals surface area (Å²) in [5, 5.41) is 11.7. The van der Waals surface area contributed by atoms with Crippen molar-refractivity contribution in [1.82, 2.24) is 4.90 Å². The Morgan fingerprint density at radius 1 is 1.12 bits per heavy atom. The normalized spacial score (nSPS) is 22.5. The molecule has 6 rings (SSSR count). The van der Waals surface area contributed by atoms with Crippen LogP contribution in [0.4, 0.5) is 10.1 Å². The first kappa shape index (κ1) is 35.3. The molecule has 1 aromatic carbocycles. The minimum absolute atomic E-state index is 0.0123. The van der Waals surface area contributed by atoms with Crippen molar-refractivity contribution < 1.29 is 38.1 Å². The molecular weight excluding hydrogens is 641 g/mol. The molecule has 1 fully saturated rings. The zero-order valence-corrected chi connectivity index (χ0v) is 29.0. The molecule has 4 heterocycles. The lowest BCUT2D eigenvalue weighted by atomic mass is 9.74. The number of ether oxygens (including phenoxy) is 2. The number of allylic oxidation sites excluding steroid dienone is 1. The van der Waals surface area contributed by atoms with Crippen molar-refractivity contribution in [3.8, 4) is 0 Å². The molecule has 264 valence electrons. The van der Waals surface area contributed by atoms with Gasteiger partial charge < -0.3 is 30.1 Å². The van der Waals surface area contributed by atoms with Crippen LogP contribution in [0.3, 0.4) is 0 Å². The Bertz CT molecular complexity index is 1850. The van der Waals surface area contributed by atoms with E-state index in [-0.39, 0.29) is 73.5 Å². The quantitative estimate of drug-likeness (QED) is 0.201. The Hall–Kier alpha value is -4.49. The van der Waals surface area contributed by atoms with E-state index in [1.807, 2.05) is 5.94 Å². The molecule has 1 atom stereocenters. The number of unbranched alkanes of at least 4 members (excludes halogenated alkanes) is 2. The second-order valence-electron chi connectivity index (χ2n) is 14.5. The summed E-state index contributed by atoms with van der Waals surface area (Å²) in [5.41, 5.74) is 7.91. The van der Waals surface area contributed by atoms with Crippen LogP contribution in [0.1, 0.15) is 89.7 Å². The molecule has 0 spiro atoms. The topological polar surface area (TPSA) is 139 Å². The van der Waals surface area contributed by atoms with Gasteiger partial charge in [-0.1, -0.05) is 27.2 Å². The van der Waals surface area contributed by atoms with Crippen molar-refractivity contribution in [3.63, 3.8) is 0 Å². The minimum atomic E-state index is -1.85. The van der Waals surface area contributed by atoms with Gasteiger partial charge in [0.2, 0.25) is 5.76 Å². The monoisotopic (exact) mass is 685 g/mol. The number of anilines is 1. The van der Waals surface area contributed by atoms with Crippen molar-refractivity contribution in [2.24, 2.45) is 11.1 Å². The Labute approximate surface area is 291 Å². The van der Waals surface area contributed by atoms with Gasteiger partial charge in [0.15, 0.2) is 17.5 Å². The van der Waals surface area contributed by atoms with Gasteiger partial charge >= 0.3 is 5.97 Å². The molecule has 0 radical (unpaired) electrons. The zero-order valence-electron chi connectivity index (χ0n) is 29.0. The average Bonchev–Trinajstić information content (AvgIpc) is 3.47. The van der Waals surface area contributed by atoms with E-state index < -0.39 is 11.4 Å². The Morgan fingerprint density at radius 3 is 2.54 bits per heavy atom. The predicted octanol–water partition coefficient (Wildman–Crippen LogP) is 4.80. The fourth-order valence-electron chi connectivity index (χ4n) is 7.99. The lowest BCUT2D eigenvalue weighted by Gasteiger charge is -2.44. The third-order valence-corrected chi connectivity index (χ3v) is 10.9. The van der Waals surface area contributed by atoms with Gasteiger partial charge in [0, 0.05) is 46.9 Å². The largest absolute Gasteiger partial charge is 0.479 e. The summed E-state index contributed by atoms with van der Waals surface area (Å²) in [6, 6.07) is 3.11. The standard InChI is InChI=1S/C39H44FN3O7/c1-4-39(48)29-18-32-37-27(20-44)26-17-30(40)24(11-15-49-36(47)8-6-5-7-14-41)16-31(26)43(25-9-12-38(2,3)13-10-25)33(37)19-42(32)34(21-45)28(29)23-50-35(39)22-46/h16-18,25,48H,4-15,19,23,41H2,1-3H3/t39-/m0/s1. The number of nitrogens with two attached hydrogens (primary N) is 1.